The Balaban J connectivity index is 1.56. The van der Waals surface area contributed by atoms with Gasteiger partial charge >= 0.3 is 0 Å². The van der Waals surface area contributed by atoms with Gasteiger partial charge in [-0.3, -0.25) is 0 Å². The van der Waals surface area contributed by atoms with Gasteiger partial charge in [0.15, 0.2) is 0 Å². The Morgan fingerprint density at radius 3 is 1.76 bits per heavy atom. The van der Waals surface area contributed by atoms with Crippen LogP contribution in [0.1, 0.15) is 102 Å². The highest BCUT2D eigenvalue weighted by Gasteiger charge is 2.30. The van der Waals surface area contributed by atoms with Crippen LogP contribution in [-0.2, 0) is 14.3 Å². The third kappa shape index (κ3) is 10.5. The summed E-state index contributed by atoms with van der Waals surface area (Å²) in [7, 11) is -1.96. The maximum absolute atomic E-state index is 12.7. The summed E-state index contributed by atoms with van der Waals surface area (Å²) in [4.78, 5) is 3.98. The number of aryl methyl sites for hydroxylation is 1. The zero-order valence-electron chi connectivity index (χ0n) is 21.2. The molecule has 1 aromatic rings. The second kappa shape index (κ2) is 15.4. The SMILES string of the molecule is CCCCCCCCCCCCCCCCN1C=CN(C)C1OS(=O)(=O)c1ccc(C)cc1. The van der Waals surface area contributed by atoms with Crippen LogP contribution in [0.4, 0.5) is 0 Å². The number of rotatable bonds is 18. The van der Waals surface area contributed by atoms with Gasteiger partial charge in [-0.15, -0.1) is 0 Å². The van der Waals surface area contributed by atoms with Gasteiger partial charge in [-0.1, -0.05) is 108 Å². The molecule has 188 valence electrons. The van der Waals surface area contributed by atoms with Crippen LogP contribution >= 0.6 is 0 Å². The van der Waals surface area contributed by atoms with Gasteiger partial charge in [0.05, 0.1) is 4.90 Å². The first-order valence-electron chi connectivity index (χ1n) is 13.1. The van der Waals surface area contributed by atoms with Crippen molar-refractivity contribution < 1.29 is 12.6 Å². The molecule has 1 atom stereocenters. The fourth-order valence-corrected chi connectivity index (χ4v) is 5.30. The molecule has 0 aliphatic carbocycles. The van der Waals surface area contributed by atoms with Crippen molar-refractivity contribution in [1.29, 1.82) is 0 Å². The molecule has 2 rings (SSSR count). The summed E-state index contributed by atoms with van der Waals surface area (Å²) in [6.07, 6.45) is 21.8. The maximum atomic E-state index is 12.7. The number of hydrogen-bond donors (Lipinski definition) is 0. The van der Waals surface area contributed by atoms with Gasteiger partial charge in [0, 0.05) is 26.0 Å². The molecule has 1 aliphatic rings. The molecular weight excluding hydrogens is 432 g/mol. The summed E-state index contributed by atoms with van der Waals surface area (Å²) >= 11 is 0. The molecular formula is C27H46N2O3S. The second-order valence-corrected chi connectivity index (χ2v) is 11.1. The van der Waals surface area contributed by atoms with E-state index in [1.807, 2.05) is 31.3 Å². The quantitative estimate of drug-likeness (QED) is 0.165. The summed E-state index contributed by atoms with van der Waals surface area (Å²) in [5.41, 5.74) is 1.02. The normalized spacial score (nSPS) is 16.2. The van der Waals surface area contributed by atoms with Gasteiger partial charge in [-0.25, -0.2) is 4.18 Å². The molecule has 0 saturated carbocycles. The fourth-order valence-electron chi connectivity index (χ4n) is 4.24. The van der Waals surface area contributed by atoms with E-state index in [9.17, 15) is 8.42 Å². The van der Waals surface area contributed by atoms with Crippen LogP contribution in [0.3, 0.4) is 0 Å². The molecule has 1 unspecified atom stereocenters. The van der Waals surface area contributed by atoms with E-state index >= 15 is 0 Å². The first kappa shape index (κ1) is 27.7. The lowest BCUT2D eigenvalue weighted by molar-refractivity contribution is -0.00906. The first-order valence-corrected chi connectivity index (χ1v) is 14.5. The second-order valence-electron chi connectivity index (χ2n) is 9.49. The van der Waals surface area contributed by atoms with Crippen molar-refractivity contribution in [2.45, 2.75) is 115 Å². The number of nitrogens with zero attached hydrogens (tertiary/aromatic N) is 2. The molecule has 0 spiro atoms. The Hall–Kier alpha value is -1.53. The van der Waals surface area contributed by atoms with Crippen LogP contribution in [-0.4, -0.2) is 38.2 Å². The molecule has 0 amide bonds. The topological polar surface area (TPSA) is 49.9 Å². The molecule has 5 nitrogen and oxygen atoms in total. The van der Waals surface area contributed by atoms with E-state index in [-0.39, 0.29) is 4.90 Å². The van der Waals surface area contributed by atoms with Crippen molar-refractivity contribution in [3.63, 3.8) is 0 Å². The molecule has 1 aliphatic heterocycles. The van der Waals surface area contributed by atoms with Crippen LogP contribution in [0, 0.1) is 6.92 Å². The largest absolute Gasteiger partial charge is 0.336 e. The average Bonchev–Trinajstić information content (AvgIpc) is 3.13. The molecule has 0 bridgehead atoms. The van der Waals surface area contributed by atoms with E-state index in [4.69, 9.17) is 4.18 Å². The minimum Gasteiger partial charge on any atom is -0.336 e. The molecule has 1 heterocycles. The summed E-state index contributed by atoms with van der Waals surface area (Å²) in [5, 5.41) is 0. The molecule has 33 heavy (non-hydrogen) atoms. The van der Waals surface area contributed by atoms with E-state index in [1.165, 1.54) is 83.5 Å². The molecule has 0 saturated heterocycles. The van der Waals surface area contributed by atoms with E-state index < -0.39 is 16.5 Å². The molecule has 1 aromatic carbocycles. The Kier molecular flexibility index (Phi) is 12.9. The van der Waals surface area contributed by atoms with Crippen molar-refractivity contribution in [2.24, 2.45) is 0 Å². The van der Waals surface area contributed by atoms with Gasteiger partial charge < -0.3 is 9.80 Å². The van der Waals surface area contributed by atoms with Gasteiger partial charge in [-0.2, -0.15) is 8.42 Å². The van der Waals surface area contributed by atoms with Crippen molar-refractivity contribution >= 4 is 10.1 Å². The third-order valence-electron chi connectivity index (χ3n) is 6.42. The smallest absolute Gasteiger partial charge is 0.300 e. The number of hydrogen-bond acceptors (Lipinski definition) is 5. The minimum absolute atomic E-state index is 0.199. The molecule has 0 aromatic heterocycles. The van der Waals surface area contributed by atoms with Crippen LogP contribution in [0.5, 0.6) is 0 Å². The van der Waals surface area contributed by atoms with E-state index in [0.717, 1.165) is 18.5 Å². The number of unbranched alkanes of at least 4 members (excludes halogenated alkanes) is 13. The van der Waals surface area contributed by atoms with Crippen molar-refractivity contribution in [3.8, 4) is 0 Å². The summed E-state index contributed by atoms with van der Waals surface area (Å²) < 4.78 is 31.0. The summed E-state index contributed by atoms with van der Waals surface area (Å²) in [6.45, 7) is 5.00. The molecule has 0 N–H and O–H groups in total. The van der Waals surface area contributed by atoms with Gasteiger partial charge in [0.1, 0.15) is 0 Å². The first-order chi connectivity index (χ1) is 15.9. The maximum Gasteiger partial charge on any atom is 0.300 e. The fraction of sp³-hybridized carbons (Fsp3) is 0.704. The lowest BCUT2D eigenvalue weighted by Crippen LogP contribution is -2.40. The lowest BCUT2D eigenvalue weighted by Gasteiger charge is -2.29. The highest BCUT2D eigenvalue weighted by atomic mass is 32.2. The Morgan fingerprint density at radius 2 is 1.24 bits per heavy atom. The van der Waals surface area contributed by atoms with Crippen LogP contribution in [0.15, 0.2) is 41.6 Å². The van der Waals surface area contributed by atoms with Crippen LogP contribution in [0.2, 0.25) is 0 Å². The monoisotopic (exact) mass is 478 g/mol. The van der Waals surface area contributed by atoms with Gasteiger partial charge in [-0.05, 0) is 25.5 Å². The van der Waals surface area contributed by atoms with Crippen molar-refractivity contribution in [3.05, 3.63) is 42.2 Å². The van der Waals surface area contributed by atoms with Crippen LogP contribution in [0.25, 0.3) is 0 Å². The molecule has 6 heteroatoms. The predicted molar refractivity (Wildman–Crippen MR) is 137 cm³/mol. The van der Waals surface area contributed by atoms with Crippen LogP contribution < -0.4 is 0 Å². The highest BCUT2D eigenvalue weighted by molar-refractivity contribution is 7.86. The summed E-state index contributed by atoms with van der Waals surface area (Å²) in [6, 6.07) is 6.79. The third-order valence-corrected chi connectivity index (χ3v) is 7.69. The molecule has 0 radical (unpaired) electrons. The van der Waals surface area contributed by atoms with E-state index in [2.05, 4.69) is 6.92 Å². The number of benzene rings is 1. The van der Waals surface area contributed by atoms with Gasteiger partial charge in [0.25, 0.3) is 10.1 Å². The Bertz CT molecular complexity index is 777. The van der Waals surface area contributed by atoms with Gasteiger partial charge in [0.2, 0.25) is 6.35 Å². The average molecular weight is 479 g/mol. The Labute approximate surface area is 203 Å². The molecule has 0 fully saturated rings. The van der Waals surface area contributed by atoms with Crippen molar-refractivity contribution in [2.75, 3.05) is 13.6 Å². The zero-order valence-corrected chi connectivity index (χ0v) is 22.0. The highest BCUT2D eigenvalue weighted by Crippen LogP contribution is 2.23. The van der Waals surface area contributed by atoms with E-state index in [0.29, 0.717) is 0 Å². The zero-order chi connectivity index (χ0) is 23.9. The van der Waals surface area contributed by atoms with E-state index in [1.54, 1.807) is 29.2 Å². The van der Waals surface area contributed by atoms with Crippen molar-refractivity contribution in [1.82, 2.24) is 9.80 Å². The Morgan fingerprint density at radius 1 is 0.758 bits per heavy atom. The predicted octanol–water partition coefficient (Wildman–Crippen LogP) is 7.18. The summed E-state index contributed by atoms with van der Waals surface area (Å²) in [5.74, 6) is 0. The lowest BCUT2D eigenvalue weighted by atomic mass is 10.0. The minimum atomic E-state index is -3.81. The standard InChI is InChI=1S/C27H46N2O3S/c1-4-5-6-7-8-9-10-11-12-13-14-15-16-17-22-29-24-23-28(3)27(29)32-33(30,31)26-20-18-25(2)19-21-26/h18-21,23-24,27H,4-17,22H2,1-3H3.